The van der Waals surface area contributed by atoms with Crippen molar-refractivity contribution >= 4 is 50.7 Å². The molecular weight excluding hydrogens is 340 g/mol. The first-order valence-electron chi connectivity index (χ1n) is 7.45. The number of thioether (sulfide) groups is 1. The number of fused-ring (bicyclic) bond motifs is 1. The molecule has 0 unspecified atom stereocenters. The summed E-state index contributed by atoms with van der Waals surface area (Å²) in [4.78, 5) is 27.9. The number of ketones is 1. The second-order valence-corrected chi connectivity index (χ2v) is 7.35. The molecule has 0 aliphatic carbocycles. The van der Waals surface area contributed by atoms with Crippen LogP contribution in [-0.2, 0) is 10.5 Å². The summed E-state index contributed by atoms with van der Waals surface area (Å²) < 4.78 is 1.17. The maximum absolute atomic E-state index is 12.0. The number of para-hydroxylation sites is 1. The highest BCUT2D eigenvalue weighted by molar-refractivity contribution is 7.99. The van der Waals surface area contributed by atoms with Gasteiger partial charge in [0, 0.05) is 17.0 Å². The number of benzene rings is 2. The number of hydrogen-bond donors (Lipinski definition) is 1. The molecule has 0 fully saturated rings. The van der Waals surface area contributed by atoms with Crippen molar-refractivity contribution in [3.8, 4) is 0 Å². The van der Waals surface area contributed by atoms with Crippen molar-refractivity contribution in [3.05, 3.63) is 59.1 Å². The Morgan fingerprint density at radius 3 is 2.79 bits per heavy atom. The lowest BCUT2D eigenvalue weighted by molar-refractivity contribution is -0.113. The van der Waals surface area contributed by atoms with E-state index in [1.165, 1.54) is 23.4 Å². The SMILES string of the molecule is CC(=O)c1cccc(NC(=O)CSCc2nc3ccccc3s2)c1. The van der Waals surface area contributed by atoms with Gasteiger partial charge in [0.15, 0.2) is 5.78 Å². The van der Waals surface area contributed by atoms with E-state index in [-0.39, 0.29) is 11.7 Å². The molecule has 0 spiro atoms. The molecule has 3 aromatic rings. The maximum Gasteiger partial charge on any atom is 0.234 e. The maximum atomic E-state index is 12.0. The Kier molecular flexibility index (Phi) is 5.27. The summed E-state index contributed by atoms with van der Waals surface area (Å²) in [6, 6.07) is 15.0. The average molecular weight is 356 g/mol. The van der Waals surface area contributed by atoms with Crippen LogP contribution in [0.5, 0.6) is 0 Å². The molecule has 6 heteroatoms. The first-order chi connectivity index (χ1) is 11.6. The number of carbonyl (C=O) groups excluding carboxylic acids is 2. The number of anilines is 1. The fourth-order valence-corrected chi connectivity index (χ4v) is 4.07. The van der Waals surface area contributed by atoms with Crippen LogP contribution in [0, 0.1) is 0 Å². The largest absolute Gasteiger partial charge is 0.325 e. The number of nitrogens with one attached hydrogen (secondary N) is 1. The first kappa shape index (κ1) is 16.7. The summed E-state index contributed by atoms with van der Waals surface area (Å²) in [5.74, 6) is 0.957. The number of rotatable bonds is 6. The third kappa shape index (κ3) is 4.21. The molecule has 1 N–H and O–H groups in total. The van der Waals surface area contributed by atoms with Crippen LogP contribution in [0.3, 0.4) is 0 Å². The van der Waals surface area contributed by atoms with Gasteiger partial charge >= 0.3 is 0 Å². The van der Waals surface area contributed by atoms with Gasteiger partial charge in [-0.25, -0.2) is 4.98 Å². The molecule has 2 aromatic carbocycles. The van der Waals surface area contributed by atoms with Gasteiger partial charge < -0.3 is 5.32 Å². The van der Waals surface area contributed by atoms with Crippen LogP contribution in [0.2, 0.25) is 0 Å². The lowest BCUT2D eigenvalue weighted by Gasteiger charge is -2.05. The molecule has 1 heterocycles. The van der Waals surface area contributed by atoms with Crippen molar-refractivity contribution < 1.29 is 9.59 Å². The van der Waals surface area contributed by atoms with Crippen molar-refractivity contribution in [1.29, 1.82) is 0 Å². The predicted molar refractivity (Wildman–Crippen MR) is 101 cm³/mol. The Hall–Kier alpha value is -2.18. The molecular formula is C18H16N2O2S2. The Balaban J connectivity index is 1.52. The van der Waals surface area contributed by atoms with Crippen LogP contribution in [-0.4, -0.2) is 22.4 Å². The van der Waals surface area contributed by atoms with Gasteiger partial charge in [-0.2, -0.15) is 0 Å². The zero-order valence-corrected chi connectivity index (χ0v) is 14.7. The van der Waals surface area contributed by atoms with Gasteiger partial charge in [-0.05, 0) is 31.2 Å². The molecule has 1 amide bonds. The van der Waals surface area contributed by atoms with E-state index < -0.39 is 0 Å². The highest BCUT2D eigenvalue weighted by Crippen LogP contribution is 2.24. The van der Waals surface area contributed by atoms with Gasteiger partial charge in [0.1, 0.15) is 5.01 Å². The molecule has 0 aliphatic rings. The van der Waals surface area contributed by atoms with Crippen LogP contribution in [0.4, 0.5) is 5.69 Å². The Labute approximate surface area is 148 Å². The quantitative estimate of drug-likeness (QED) is 0.666. The zero-order chi connectivity index (χ0) is 16.9. The third-order valence-electron chi connectivity index (χ3n) is 3.35. The van der Waals surface area contributed by atoms with E-state index in [4.69, 9.17) is 0 Å². The van der Waals surface area contributed by atoms with Gasteiger partial charge in [0.25, 0.3) is 0 Å². The molecule has 0 radical (unpaired) electrons. The van der Waals surface area contributed by atoms with E-state index in [2.05, 4.69) is 16.4 Å². The fraction of sp³-hybridized carbons (Fsp3) is 0.167. The standard InChI is InChI=1S/C18H16N2O2S2/c1-12(21)13-5-4-6-14(9-13)19-17(22)10-23-11-18-20-15-7-2-3-8-16(15)24-18/h2-9H,10-11H2,1H3,(H,19,22). The summed E-state index contributed by atoms with van der Waals surface area (Å²) in [6.07, 6.45) is 0. The van der Waals surface area contributed by atoms with Crippen molar-refractivity contribution in [1.82, 2.24) is 4.98 Å². The van der Waals surface area contributed by atoms with E-state index in [1.807, 2.05) is 18.2 Å². The van der Waals surface area contributed by atoms with Crippen LogP contribution >= 0.6 is 23.1 Å². The molecule has 0 atom stereocenters. The minimum absolute atomic E-state index is 0.0173. The molecule has 24 heavy (non-hydrogen) atoms. The van der Waals surface area contributed by atoms with E-state index in [1.54, 1.807) is 35.6 Å². The molecule has 0 bridgehead atoms. The Morgan fingerprint density at radius 1 is 1.17 bits per heavy atom. The van der Waals surface area contributed by atoms with E-state index in [0.717, 1.165) is 10.5 Å². The number of hydrogen-bond acceptors (Lipinski definition) is 5. The van der Waals surface area contributed by atoms with Crippen LogP contribution in [0.1, 0.15) is 22.3 Å². The molecule has 0 aliphatic heterocycles. The number of amides is 1. The zero-order valence-electron chi connectivity index (χ0n) is 13.1. The van der Waals surface area contributed by atoms with Crippen molar-refractivity contribution in [2.24, 2.45) is 0 Å². The molecule has 122 valence electrons. The van der Waals surface area contributed by atoms with Gasteiger partial charge in [-0.1, -0.05) is 24.3 Å². The minimum atomic E-state index is -0.0817. The average Bonchev–Trinajstić information content (AvgIpc) is 2.97. The monoisotopic (exact) mass is 356 g/mol. The van der Waals surface area contributed by atoms with Crippen LogP contribution < -0.4 is 5.32 Å². The molecule has 1 aromatic heterocycles. The molecule has 4 nitrogen and oxygen atoms in total. The predicted octanol–water partition coefficient (Wildman–Crippen LogP) is 4.37. The molecule has 0 saturated carbocycles. The highest BCUT2D eigenvalue weighted by Gasteiger charge is 2.07. The number of nitrogens with zero attached hydrogens (tertiary/aromatic N) is 1. The van der Waals surface area contributed by atoms with Gasteiger partial charge in [-0.3, -0.25) is 9.59 Å². The second kappa shape index (κ2) is 7.59. The lowest BCUT2D eigenvalue weighted by atomic mass is 10.1. The number of Topliss-reactive ketones (excluding diaryl/α,β-unsaturated/α-hetero) is 1. The lowest BCUT2D eigenvalue weighted by Crippen LogP contribution is -2.14. The number of thiazole rings is 1. The summed E-state index contributed by atoms with van der Waals surface area (Å²) in [5, 5.41) is 3.84. The van der Waals surface area contributed by atoms with Gasteiger partial charge in [-0.15, -0.1) is 23.1 Å². The summed E-state index contributed by atoms with van der Waals surface area (Å²) >= 11 is 3.19. The van der Waals surface area contributed by atoms with Crippen LogP contribution in [0.15, 0.2) is 48.5 Å². The second-order valence-electron chi connectivity index (χ2n) is 5.25. The van der Waals surface area contributed by atoms with Crippen molar-refractivity contribution in [3.63, 3.8) is 0 Å². The summed E-state index contributed by atoms with van der Waals surface area (Å²) in [5.41, 5.74) is 2.24. The van der Waals surface area contributed by atoms with Crippen LogP contribution in [0.25, 0.3) is 10.2 Å². The van der Waals surface area contributed by atoms with Crippen molar-refractivity contribution in [2.75, 3.05) is 11.1 Å². The molecule has 0 saturated heterocycles. The topological polar surface area (TPSA) is 59.1 Å². The smallest absolute Gasteiger partial charge is 0.234 e. The minimum Gasteiger partial charge on any atom is -0.325 e. The summed E-state index contributed by atoms with van der Waals surface area (Å²) in [7, 11) is 0. The van der Waals surface area contributed by atoms with E-state index in [0.29, 0.717) is 22.8 Å². The summed E-state index contributed by atoms with van der Waals surface area (Å²) in [6.45, 7) is 1.51. The van der Waals surface area contributed by atoms with Crippen molar-refractivity contribution in [2.45, 2.75) is 12.7 Å². The Morgan fingerprint density at radius 2 is 2.00 bits per heavy atom. The normalized spacial score (nSPS) is 10.7. The first-order valence-corrected chi connectivity index (χ1v) is 9.42. The molecule has 3 rings (SSSR count). The fourth-order valence-electron chi connectivity index (χ4n) is 2.23. The third-order valence-corrected chi connectivity index (χ3v) is 5.51. The van der Waals surface area contributed by atoms with Gasteiger partial charge in [0.05, 0.1) is 16.0 Å². The number of aromatic nitrogens is 1. The highest BCUT2D eigenvalue weighted by atomic mass is 32.2. The Bertz CT molecular complexity index is 856. The van der Waals surface area contributed by atoms with E-state index >= 15 is 0 Å². The van der Waals surface area contributed by atoms with Gasteiger partial charge in [0.2, 0.25) is 5.91 Å². The van der Waals surface area contributed by atoms with E-state index in [9.17, 15) is 9.59 Å². The number of carbonyl (C=O) groups is 2.